The largest absolute Gasteiger partial charge is 0.315 e. The SMILES string of the molecule is CC(C)NCCCCCN1CCCC1. The van der Waals surface area contributed by atoms with Crippen molar-refractivity contribution < 1.29 is 0 Å². The predicted molar refractivity (Wildman–Crippen MR) is 62.7 cm³/mol. The molecule has 2 heteroatoms. The highest BCUT2D eigenvalue weighted by Crippen LogP contribution is 2.08. The third-order valence-electron chi connectivity index (χ3n) is 2.90. The summed E-state index contributed by atoms with van der Waals surface area (Å²) < 4.78 is 0. The van der Waals surface area contributed by atoms with E-state index in [1.165, 1.54) is 58.3 Å². The van der Waals surface area contributed by atoms with E-state index in [1.807, 2.05) is 0 Å². The minimum Gasteiger partial charge on any atom is -0.315 e. The van der Waals surface area contributed by atoms with Gasteiger partial charge in [0.15, 0.2) is 0 Å². The first-order chi connectivity index (χ1) is 6.79. The van der Waals surface area contributed by atoms with Crippen LogP contribution < -0.4 is 5.32 Å². The first-order valence-corrected chi connectivity index (χ1v) is 6.25. The van der Waals surface area contributed by atoms with Crippen LogP contribution in [0, 0.1) is 0 Å². The van der Waals surface area contributed by atoms with Crippen LogP contribution in [-0.4, -0.2) is 37.1 Å². The molecule has 14 heavy (non-hydrogen) atoms. The van der Waals surface area contributed by atoms with Gasteiger partial charge in [0.1, 0.15) is 0 Å². The third kappa shape index (κ3) is 5.61. The van der Waals surface area contributed by atoms with Crippen LogP contribution in [0.4, 0.5) is 0 Å². The fourth-order valence-corrected chi connectivity index (χ4v) is 2.03. The summed E-state index contributed by atoms with van der Waals surface area (Å²) >= 11 is 0. The minimum absolute atomic E-state index is 0.647. The highest BCUT2D eigenvalue weighted by molar-refractivity contribution is 4.65. The van der Waals surface area contributed by atoms with E-state index in [0.29, 0.717) is 6.04 Å². The van der Waals surface area contributed by atoms with Gasteiger partial charge in [-0.3, -0.25) is 0 Å². The molecule has 0 radical (unpaired) electrons. The van der Waals surface area contributed by atoms with Crippen molar-refractivity contribution in [3.63, 3.8) is 0 Å². The fourth-order valence-electron chi connectivity index (χ4n) is 2.03. The Morgan fingerprint density at radius 1 is 1.07 bits per heavy atom. The molecule has 84 valence electrons. The molecule has 1 saturated heterocycles. The second kappa shape index (κ2) is 7.24. The lowest BCUT2D eigenvalue weighted by atomic mass is 10.2. The molecule has 0 aliphatic carbocycles. The van der Waals surface area contributed by atoms with Gasteiger partial charge in [0.25, 0.3) is 0 Å². The molecule has 0 spiro atoms. The average molecular weight is 198 g/mol. The van der Waals surface area contributed by atoms with Crippen molar-refractivity contribution in [2.24, 2.45) is 0 Å². The molecular formula is C12H26N2. The molecule has 1 heterocycles. The number of hydrogen-bond acceptors (Lipinski definition) is 2. The second-order valence-electron chi connectivity index (χ2n) is 4.72. The predicted octanol–water partition coefficient (Wildman–Crippen LogP) is 2.25. The molecule has 0 amide bonds. The summed E-state index contributed by atoms with van der Waals surface area (Å²) in [5.74, 6) is 0. The molecule has 1 rings (SSSR count). The van der Waals surface area contributed by atoms with E-state index >= 15 is 0 Å². The highest BCUT2D eigenvalue weighted by Gasteiger charge is 2.09. The van der Waals surface area contributed by atoms with Crippen LogP contribution in [0.3, 0.4) is 0 Å². The topological polar surface area (TPSA) is 15.3 Å². The Hall–Kier alpha value is -0.0800. The highest BCUT2D eigenvalue weighted by atomic mass is 15.1. The quantitative estimate of drug-likeness (QED) is 0.631. The number of nitrogens with zero attached hydrogens (tertiary/aromatic N) is 1. The first kappa shape index (κ1) is 12.0. The van der Waals surface area contributed by atoms with Gasteiger partial charge >= 0.3 is 0 Å². The molecule has 0 unspecified atom stereocenters. The van der Waals surface area contributed by atoms with E-state index in [1.54, 1.807) is 0 Å². The van der Waals surface area contributed by atoms with Gasteiger partial charge in [-0.2, -0.15) is 0 Å². The average Bonchev–Trinajstić information content (AvgIpc) is 2.63. The lowest BCUT2D eigenvalue weighted by molar-refractivity contribution is 0.328. The molecule has 1 fully saturated rings. The Kier molecular flexibility index (Phi) is 6.20. The van der Waals surface area contributed by atoms with Crippen molar-refractivity contribution in [3.8, 4) is 0 Å². The van der Waals surface area contributed by atoms with Crippen LogP contribution in [-0.2, 0) is 0 Å². The normalized spacial score (nSPS) is 18.2. The summed E-state index contributed by atoms with van der Waals surface area (Å²) in [6.45, 7) is 9.66. The molecule has 0 aromatic carbocycles. The van der Waals surface area contributed by atoms with Crippen LogP contribution in [0.2, 0.25) is 0 Å². The van der Waals surface area contributed by atoms with Crippen LogP contribution in [0.1, 0.15) is 46.0 Å². The van der Waals surface area contributed by atoms with E-state index < -0.39 is 0 Å². The molecule has 0 atom stereocenters. The molecule has 0 bridgehead atoms. The Morgan fingerprint density at radius 3 is 2.43 bits per heavy atom. The van der Waals surface area contributed by atoms with Crippen molar-refractivity contribution >= 4 is 0 Å². The first-order valence-electron chi connectivity index (χ1n) is 6.25. The van der Waals surface area contributed by atoms with Crippen molar-refractivity contribution in [2.75, 3.05) is 26.2 Å². The van der Waals surface area contributed by atoms with Gasteiger partial charge in [-0.15, -0.1) is 0 Å². The maximum absolute atomic E-state index is 3.46. The molecule has 0 aromatic heterocycles. The lowest BCUT2D eigenvalue weighted by Crippen LogP contribution is -2.24. The summed E-state index contributed by atoms with van der Waals surface area (Å²) in [4.78, 5) is 2.61. The van der Waals surface area contributed by atoms with Crippen LogP contribution in [0.15, 0.2) is 0 Å². The van der Waals surface area contributed by atoms with E-state index in [2.05, 4.69) is 24.1 Å². The van der Waals surface area contributed by atoms with Gasteiger partial charge in [0.2, 0.25) is 0 Å². The van der Waals surface area contributed by atoms with Crippen LogP contribution in [0.25, 0.3) is 0 Å². The zero-order valence-electron chi connectivity index (χ0n) is 9.89. The van der Waals surface area contributed by atoms with Gasteiger partial charge in [-0.25, -0.2) is 0 Å². The molecular weight excluding hydrogens is 172 g/mol. The Morgan fingerprint density at radius 2 is 1.79 bits per heavy atom. The Labute approximate surface area is 89.1 Å². The van der Waals surface area contributed by atoms with E-state index in [-0.39, 0.29) is 0 Å². The minimum atomic E-state index is 0.647. The van der Waals surface area contributed by atoms with Gasteiger partial charge in [0.05, 0.1) is 0 Å². The zero-order valence-corrected chi connectivity index (χ0v) is 9.89. The smallest absolute Gasteiger partial charge is 0.00103 e. The van der Waals surface area contributed by atoms with Crippen molar-refractivity contribution in [2.45, 2.75) is 52.0 Å². The summed E-state index contributed by atoms with van der Waals surface area (Å²) in [7, 11) is 0. The summed E-state index contributed by atoms with van der Waals surface area (Å²) in [5.41, 5.74) is 0. The van der Waals surface area contributed by atoms with Crippen LogP contribution in [0.5, 0.6) is 0 Å². The maximum atomic E-state index is 3.46. The maximum Gasteiger partial charge on any atom is 0.00103 e. The fraction of sp³-hybridized carbons (Fsp3) is 1.00. The number of hydrogen-bond donors (Lipinski definition) is 1. The molecule has 1 aliphatic heterocycles. The third-order valence-corrected chi connectivity index (χ3v) is 2.90. The Bertz CT molecular complexity index is 128. The number of nitrogens with one attached hydrogen (secondary N) is 1. The van der Waals surface area contributed by atoms with Crippen molar-refractivity contribution in [1.29, 1.82) is 0 Å². The van der Waals surface area contributed by atoms with E-state index in [0.717, 1.165) is 0 Å². The standard InChI is InChI=1S/C12H26N2/c1-12(2)13-8-4-3-5-9-14-10-6-7-11-14/h12-13H,3-11H2,1-2H3. The van der Waals surface area contributed by atoms with Crippen molar-refractivity contribution in [3.05, 3.63) is 0 Å². The number of unbranched alkanes of at least 4 members (excludes halogenated alkanes) is 2. The summed E-state index contributed by atoms with van der Waals surface area (Å²) in [6.07, 6.45) is 6.96. The summed E-state index contributed by atoms with van der Waals surface area (Å²) in [5, 5.41) is 3.46. The molecule has 1 aliphatic rings. The van der Waals surface area contributed by atoms with Gasteiger partial charge in [-0.05, 0) is 51.9 Å². The van der Waals surface area contributed by atoms with E-state index in [9.17, 15) is 0 Å². The monoisotopic (exact) mass is 198 g/mol. The summed E-state index contributed by atoms with van der Waals surface area (Å²) in [6, 6.07) is 0.647. The molecule has 0 saturated carbocycles. The zero-order chi connectivity index (χ0) is 10.2. The molecule has 2 nitrogen and oxygen atoms in total. The van der Waals surface area contributed by atoms with Crippen LogP contribution >= 0.6 is 0 Å². The number of likely N-dealkylation sites (tertiary alicyclic amines) is 1. The molecule has 1 N–H and O–H groups in total. The van der Waals surface area contributed by atoms with Gasteiger partial charge < -0.3 is 10.2 Å². The second-order valence-corrected chi connectivity index (χ2v) is 4.72. The van der Waals surface area contributed by atoms with Gasteiger partial charge in [-0.1, -0.05) is 20.3 Å². The van der Waals surface area contributed by atoms with Crippen molar-refractivity contribution in [1.82, 2.24) is 10.2 Å². The Balaban J connectivity index is 1.79. The van der Waals surface area contributed by atoms with E-state index in [4.69, 9.17) is 0 Å². The molecule has 0 aromatic rings. The number of rotatable bonds is 7. The van der Waals surface area contributed by atoms with Gasteiger partial charge in [0, 0.05) is 6.04 Å². The lowest BCUT2D eigenvalue weighted by Gasteiger charge is -2.14.